The summed E-state index contributed by atoms with van der Waals surface area (Å²) in [5.74, 6) is -0.157. The van der Waals surface area contributed by atoms with Gasteiger partial charge in [-0.1, -0.05) is 47.6 Å². The van der Waals surface area contributed by atoms with Crippen LogP contribution in [0.4, 0.5) is 0 Å². The summed E-state index contributed by atoms with van der Waals surface area (Å²) in [7, 11) is 0. The highest BCUT2D eigenvalue weighted by molar-refractivity contribution is 5.94. The molecule has 5 nitrogen and oxygen atoms in total. The summed E-state index contributed by atoms with van der Waals surface area (Å²) < 4.78 is 0. The number of fused-ring (bicyclic) bond motifs is 1. The molecule has 0 unspecified atom stereocenters. The van der Waals surface area contributed by atoms with Crippen LogP contribution in [0.3, 0.4) is 0 Å². The molecule has 0 heterocycles. The average molecular weight is 278 g/mol. The number of carbonyl (C=O) groups excluding carboxylic acids is 1. The molecule has 2 aromatic rings. The van der Waals surface area contributed by atoms with Gasteiger partial charge in [0.1, 0.15) is 0 Å². The van der Waals surface area contributed by atoms with E-state index in [1.165, 1.54) is 0 Å². The maximum absolute atomic E-state index is 12.3. The molecule has 1 aliphatic carbocycles. The van der Waals surface area contributed by atoms with Gasteiger partial charge in [0, 0.05) is 10.5 Å². The van der Waals surface area contributed by atoms with E-state index in [9.17, 15) is 4.79 Å². The zero-order chi connectivity index (χ0) is 14.7. The van der Waals surface area contributed by atoms with E-state index in [0.717, 1.165) is 11.1 Å². The zero-order valence-corrected chi connectivity index (χ0v) is 11.3. The van der Waals surface area contributed by atoms with Gasteiger partial charge in [-0.25, -0.2) is 0 Å². The highest BCUT2D eigenvalue weighted by Gasteiger charge is 2.32. The van der Waals surface area contributed by atoms with E-state index in [2.05, 4.69) is 15.3 Å². The molecular formula is C16H14N4O. The van der Waals surface area contributed by atoms with E-state index in [0.29, 0.717) is 12.0 Å². The zero-order valence-electron chi connectivity index (χ0n) is 11.3. The van der Waals surface area contributed by atoms with E-state index >= 15 is 0 Å². The fraction of sp³-hybridized carbons (Fsp3) is 0.188. The Kier molecular flexibility index (Phi) is 3.58. The molecule has 0 radical (unpaired) electrons. The summed E-state index contributed by atoms with van der Waals surface area (Å²) in [6.07, 6.45) is 0.653. The lowest BCUT2D eigenvalue weighted by Gasteiger charge is -2.18. The monoisotopic (exact) mass is 278 g/mol. The Hall–Kier alpha value is -2.78. The fourth-order valence-electron chi connectivity index (χ4n) is 2.74. The molecule has 0 saturated carbocycles. The second-order valence-corrected chi connectivity index (χ2v) is 4.99. The van der Waals surface area contributed by atoms with E-state index in [-0.39, 0.29) is 18.0 Å². The Labute approximate surface area is 122 Å². The highest BCUT2D eigenvalue weighted by atomic mass is 16.1. The van der Waals surface area contributed by atoms with Crippen LogP contribution in [-0.2, 0) is 6.42 Å². The Balaban J connectivity index is 1.88. The summed E-state index contributed by atoms with van der Waals surface area (Å²) in [6.45, 7) is 0. The first-order valence-corrected chi connectivity index (χ1v) is 6.77. The van der Waals surface area contributed by atoms with Crippen LogP contribution in [0.1, 0.15) is 27.5 Å². The number of rotatable bonds is 3. The molecule has 21 heavy (non-hydrogen) atoms. The van der Waals surface area contributed by atoms with Gasteiger partial charge in [0.25, 0.3) is 5.91 Å². The minimum Gasteiger partial charge on any atom is -0.345 e. The van der Waals surface area contributed by atoms with Gasteiger partial charge in [0.2, 0.25) is 0 Å². The van der Waals surface area contributed by atoms with Crippen molar-refractivity contribution in [3.63, 3.8) is 0 Å². The second kappa shape index (κ2) is 5.69. The number of amides is 1. The number of nitrogens with one attached hydrogen (secondary N) is 1. The average Bonchev–Trinajstić information content (AvgIpc) is 2.86. The van der Waals surface area contributed by atoms with Crippen LogP contribution in [0.2, 0.25) is 0 Å². The Morgan fingerprint density at radius 2 is 1.86 bits per heavy atom. The van der Waals surface area contributed by atoms with E-state index in [4.69, 9.17) is 5.53 Å². The van der Waals surface area contributed by atoms with Crippen LogP contribution in [-0.4, -0.2) is 11.9 Å². The first-order valence-electron chi connectivity index (χ1n) is 6.77. The van der Waals surface area contributed by atoms with Gasteiger partial charge >= 0.3 is 0 Å². The number of hydrogen-bond donors (Lipinski definition) is 1. The minimum absolute atomic E-state index is 0.157. The maximum Gasteiger partial charge on any atom is 0.251 e. The summed E-state index contributed by atoms with van der Waals surface area (Å²) in [4.78, 5) is 15.2. The number of nitrogens with zero attached hydrogens (tertiary/aromatic N) is 3. The number of carbonyl (C=O) groups is 1. The molecule has 3 rings (SSSR count). The number of benzene rings is 2. The second-order valence-electron chi connectivity index (χ2n) is 4.99. The standard InChI is InChI=1S/C16H14N4O/c17-20-19-14-10-12-8-4-5-9-13(12)15(14)18-16(21)11-6-2-1-3-7-11/h1-9,14-15H,10H2,(H,18,21)/t14-,15-/m1/s1. The molecule has 0 aromatic heterocycles. The van der Waals surface area contributed by atoms with Crippen molar-refractivity contribution in [1.82, 2.24) is 5.32 Å². The molecule has 1 aliphatic rings. The lowest BCUT2D eigenvalue weighted by atomic mass is 10.1. The van der Waals surface area contributed by atoms with Gasteiger partial charge in [-0.15, -0.1) is 0 Å². The van der Waals surface area contributed by atoms with Crippen molar-refractivity contribution < 1.29 is 4.79 Å². The lowest BCUT2D eigenvalue weighted by molar-refractivity contribution is 0.0933. The van der Waals surface area contributed by atoms with Crippen LogP contribution in [0.25, 0.3) is 10.4 Å². The van der Waals surface area contributed by atoms with Crippen LogP contribution >= 0.6 is 0 Å². The SMILES string of the molecule is [N-]=[N+]=N[C@@H]1Cc2ccccc2[C@H]1NC(=O)c1ccccc1. The van der Waals surface area contributed by atoms with Crippen molar-refractivity contribution in [1.29, 1.82) is 0 Å². The molecule has 0 bridgehead atoms. The quantitative estimate of drug-likeness (QED) is 0.521. The predicted octanol–water partition coefficient (Wildman–Crippen LogP) is 3.39. The minimum atomic E-state index is -0.278. The maximum atomic E-state index is 12.3. The topological polar surface area (TPSA) is 77.9 Å². The van der Waals surface area contributed by atoms with E-state index in [1.54, 1.807) is 12.1 Å². The van der Waals surface area contributed by atoms with Crippen molar-refractivity contribution in [3.8, 4) is 0 Å². The van der Waals surface area contributed by atoms with Crippen LogP contribution in [0.15, 0.2) is 59.7 Å². The Morgan fingerprint density at radius 3 is 2.62 bits per heavy atom. The third kappa shape index (κ3) is 2.59. The number of azide groups is 1. The van der Waals surface area contributed by atoms with Gasteiger partial charge in [0.15, 0.2) is 0 Å². The van der Waals surface area contributed by atoms with E-state index in [1.807, 2.05) is 42.5 Å². The largest absolute Gasteiger partial charge is 0.345 e. The van der Waals surface area contributed by atoms with Crippen molar-refractivity contribution in [3.05, 3.63) is 81.7 Å². The molecule has 1 N–H and O–H groups in total. The Bertz CT molecular complexity index is 707. The highest BCUT2D eigenvalue weighted by Crippen LogP contribution is 2.33. The summed E-state index contributed by atoms with van der Waals surface area (Å²) in [5, 5.41) is 6.81. The molecule has 5 heteroatoms. The molecular weight excluding hydrogens is 264 g/mol. The normalized spacial score (nSPS) is 19.4. The van der Waals surface area contributed by atoms with Crippen LogP contribution in [0.5, 0.6) is 0 Å². The van der Waals surface area contributed by atoms with Gasteiger partial charge in [-0.05, 0) is 35.2 Å². The van der Waals surface area contributed by atoms with Crippen molar-refractivity contribution in [2.75, 3.05) is 0 Å². The molecule has 2 atom stereocenters. The molecule has 104 valence electrons. The van der Waals surface area contributed by atoms with Gasteiger partial charge < -0.3 is 5.32 Å². The first kappa shape index (κ1) is 13.2. The number of hydrogen-bond acceptors (Lipinski definition) is 2. The molecule has 2 aromatic carbocycles. The molecule has 0 fully saturated rings. The summed E-state index contributed by atoms with van der Waals surface area (Å²) in [5.41, 5.74) is 11.5. The van der Waals surface area contributed by atoms with Gasteiger partial charge in [-0.3, -0.25) is 4.79 Å². The molecule has 0 spiro atoms. The third-order valence-electron chi connectivity index (χ3n) is 3.73. The summed E-state index contributed by atoms with van der Waals surface area (Å²) in [6, 6.07) is 16.3. The van der Waals surface area contributed by atoms with E-state index < -0.39 is 0 Å². The Morgan fingerprint density at radius 1 is 1.14 bits per heavy atom. The van der Waals surface area contributed by atoms with Crippen molar-refractivity contribution >= 4 is 5.91 Å². The van der Waals surface area contributed by atoms with Crippen molar-refractivity contribution in [2.24, 2.45) is 5.11 Å². The van der Waals surface area contributed by atoms with Crippen molar-refractivity contribution in [2.45, 2.75) is 18.5 Å². The first-order chi connectivity index (χ1) is 10.3. The smallest absolute Gasteiger partial charge is 0.251 e. The molecule has 1 amide bonds. The molecule has 0 aliphatic heterocycles. The van der Waals surface area contributed by atoms with Crippen LogP contribution < -0.4 is 5.32 Å². The fourth-order valence-corrected chi connectivity index (χ4v) is 2.74. The molecule has 0 saturated heterocycles. The van der Waals surface area contributed by atoms with Gasteiger partial charge in [-0.2, -0.15) is 0 Å². The lowest BCUT2D eigenvalue weighted by Crippen LogP contribution is -2.33. The third-order valence-corrected chi connectivity index (χ3v) is 3.73. The predicted molar refractivity (Wildman–Crippen MR) is 79.7 cm³/mol. The summed E-state index contributed by atoms with van der Waals surface area (Å²) >= 11 is 0. The van der Waals surface area contributed by atoms with Gasteiger partial charge in [0.05, 0.1) is 12.1 Å². The van der Waals surface area contributed by atoms with Crippen LogP contribution in [0, 0.1) is 0 Å².